The van der Waals surface area contributed by atoms with Gasteiger partial charge in [0.05, 0.1) is 6.42 Å². The molecule has 0 aromatic heterocycles. The van der Waals surface area contributed by atoms with Gasteiger partial charge >= 0.3 is 33.5 Å². The predicted octanol–water partition coefficient (Wildman–Crippen LogP) is 1.06. The third kappa shape index (κ3) is 6.34. The van der Waals surface area contributed by atoms with E-state index in [-0.39, 0.29) is 0 Å². The van der Waals surface area contributed by atoms with Crippen molar-refractivity contribution in [1.29, 1.82) is 0 Å². The van der Waals surface area contributed by atoms with Crippen molar-refractivity contribution in [1.82, 2.24) is 0 Å². The molecule has 0 saturated heterocycles. The first-order chi connectivity index (χ1) is 9.70. The quantitative estimate of drug-likeness (QED) is 0.315. The second-order valence-electron chi connectivity index (χ2n) is 3.65. The maximum atomic E-state index is 12.7. The summed E-state index contributed by atoms with van der Waals surface area (Å²) in [7, 11) is -5.91. The normalized spacial score (nSPS) is 14.1. The molecule has 0 spiro atoms. The van der Waals surface area contributed by atoms with E-state index in [9.17, 15) is 40.0 Å². The zero-order chi connectivity index (χ0) is 17.8. The van der Waals surface area contributed by atoms with Crippen LogP contribution in [0.25, 0.3) is 0 Å². The fourth-order valence-electron chi connectivity index (χ4n) is 0.862. The predicted molar refractivity (Wildman–Crippen MR) is 58.2 cm³/mol. The molecule has 0 heterocycles. The summed E-state index contributed by atoms with van der Waals surface area (Å²) in [6.45, 7) is 0.615. The summed E-state index contributed by atoms with van der Waals surface area (Å²) in [5.74, 6) is -3.46. The van der Waals surface area contributed by atoms with Gasteiger partial charge in [0, 0.05) is 6.08 Å². The molecule has 0 fully saturated rings. The maximum Gasteiger partial charge on any atom is 0.426 e. The van der Waals surface area contributed by atoms with Gasteiger partial charge in [0.2, 0.25) is 6.10 Å². The number of esters is 2. The molecule has 13 heteroatoms. The second kappa shape index (κ2) is 7.00. The van der Waals surface area contributed by atoms with Crippen molar-refractivity contribution in [2.24, 2.45) is 0 Å². The smallest absolute Gasteiger partial charge is 0.426 e. The van der Waals surface area contributed by atoms with Crippen LogP contribution in [-0.4, -0.2) is 49.1 Å². The van der Waals surface area contributed by atoms with Gasteiger partial charge in [-0.15, -0.1) is 0 Å². The van der Waals surface area contributed by atoms with Crippen LogP contribution in [0, 0.1) is 0 Å². The number of alkyl halides is 5. The van der Waals surface area contributed by atoms with Gasteiger partial charge in [0.25, 0.3) is 0 Å². The number of rotatable bonds is 7. The Morgan fingerprint density at radius 1 is 1.23 bits per heavy atom. The highest BCUT2D eigenvalue weighted by molar-refractivity contribution is 7.86. The fraction of sp³-hybridized carbons (Fsp3) is 0.556. The molecule has 0 aromatic rings. The first-order valence-electron chi connectivity index (χ1n) is 5.11. The van der Waals surface area contributed by atoms with E-state index in [1.54, 1.807) is 0 Å². The Bertz CT molecular complexity index is 539. The summed E-state index contributed by atoms with van der Waals surface area (Å²) in [5, 5.41) is -4.89. The molecule has 22 heavy (non-hydrogen) atoms. The number of hydrogen-bond donors (Lipinski definition) is 1. The monoisotopic (exact) mass is 356 g/mol. The van der Waals surface area contributed by atoms with Gasteiger partial charge in [-0.05, 0) is 0 Å². The van der Waals surface area contributed by atoms with Crippen molar-refractivity contribution >= 4 is 22.1 Å². The van der Waals surface area contributed by atoms with Crippen LogP contribution >= 0.6 is 0 Å². The number of carbonyl (C=O) groups excluding carboxylic acids is 2. The Kier molecular flexibility index (Phi) is 6.44. The van der Waals surface area contributed by atoms with E-state index in [1.165, 1.54) is 0 Å². The minimum Gasteiger partial charge on any atom is -0.458 e. The Labute approximate surface area is 120 Å². The first-order valence-corrected chi connectivity index (χ1v) is 6.55. The van der Waals surface area contributed by atoms with E-state index in [2.05, 4.69) is 16.1 Å². The Hall–Kier alpha value is -1.76. The summed E-state index contributed by atoms with van der Waals surface area (Å²) in [5.41, 5.74) is 0. The topological polar surface area (TPSA) is 107 Å². The van der Waals surface area contributed by atoms with E-state index in [0.29, 0.717) is 6.08 Å². The average Bonchev–Trinajstić information content (AvgIpc) is 2.33. The standard InChI is InChI=1S/C9H9F5O7S/c1-2-6(15)21-5(9(12,13)14)3-7(16)20-4-8(10,11)22(17,18)19/h2,5H,1,3-4H2,(H,17,18,19). The molecule has 7 nitrogen and oxygen atoms in total. The summed E-state index contributed by atoms with van der Waals surface area (Å²) in [6.07, 6.45) is -9.52. The van der Waals surface area contributed by atoms with Gasteiger partial charge in [-0.25, -0.2) is 4.79 Å². The maximum absolute atomic E-state index is 12.7. The highest BCUT2D eigenvalue weighted by Gasteiger charge is 2.47. The Balaban J connectivity index is 4.79. The lowest BCUT2D eigenvalue weighted by Crippen LogP contribution is -2.38. The van der Waals surface area contributed by atoms with Crippen LogP contribution in [0.3, 0.4) is 0 Å². The molecule has 0 saturated carbocycles. The second-order valence-corrected chi connectivity index (χ2v) is 5.20. The molecular formula is C9H9F5O7S. The Morgan fingerprint density at radius 3 is 2.09 bits per heavy atom. The van der Waals surface area contributed by atoms with Crippen molar-refractivity contribution in [3.63, 3.8) is 0 Å². The molecule has 1 atom stereocenters. The van der Waals surface area contributed by atoms with Crippen molar-refractivity contribution < 1.29 is 54.0 Å². The van der Waals surface area contributed by atoms with Gasteiger partial charge in [-0.1, -0.05) is 6.58 Å². The van der Waals surface area contributed by atoms with Gasteiger partial charge in [0.1, 0.15) is 0 Å². The summed E-state index contributed by atoms with van der Waals surface area (Å²) >= 11 is 0. The molecule has 0 amide bonds. The zero-order valence-corrected chi connectivity index (χ0v) is 11.3. The molecule has 0 rings (SSSR count). The van der Waals surface area contributed by atoms with E-state index in [0.717, 1.165) is 0 Å². The summed E-state index contributed by atoms with van der Waals surface area (Å²) in [6, 6.07) is 0. The van der Waals surface area contributed by atoms with Crippen molar-refractivity contribution in [2.45, 2.75) is 24.0 Å². The van der Waals surface area contributed by atoms with Crippen molar-refractivity contribution in [3.05, 3.63) is 12.7 Å². The van der Waals surface area contributed by atoms with Gasteiger partial charge in [-0.3, -0.25) is 9.35 Å². The number of ether oxygens (including phenoxy) is 2. The average molecular weight is 356 g/mol. The lowest BCUT2D eigenvalue weighted by molar-refractivity contribution is -0.222. The third-order valence-corrected chi connectivity index (χ3v) is 2.79. The number of halogens is 5. The molecular weight excluding hydrogens is 347 g/mol. The van der Waals surface area contributed by atoms with Crippen molar-refractivity contribution in [3.8, 4) is 0 Å². The van der Waals surface area contributed by atoms with Crippen LogP contribution < -0.4 is 0 Å². The zero-order valence-electron chi connectivity index (χ0n) is 10.5. The highest BCUT2D eigenvalue weighted by atomic mass is 32.2. The van der Waals surface area contributed by atoms with Gasteiger partial charge < -0.3 is 9.47 Å². The molecule has 0 aromatic carbocycles. The van der Waals surface area contributed by atoms with Crippen LogP contribution in [0.5, 0.6) is 0 Å². The molecule has 0 aliphatic heterocycles. The lowest BCUT2D eigenvalue weighted by Gasteiger charge is -2.19. The minimum atomic E-state index is -5.91. The summed E-state index contributed by atoms with van der Waals surface area (Å²) < 4.78 is 98.6. The van der Waals surface area contributed by atoms with Crippen molar-refractivity contribution in [2.75, 3.05) is 6.61 Å². The molecule has 1 unspecified atom stereocenters. The molecule has 1 N–H and O–H groups in total. The van der Waals surface area contributed by atoms with Crippen LogP contribution in [0.1, 0.15) is 6.42 Å². The summed E-state index contributed by atoms with van der Waals surface area (Å²) in [4.78, 5) is 21.7. The van der Waals surface area contributed by atoms with Gasteiger partial charge in [-0.2, -0.15) is 30.4 Å². The number of carbonyl (C=O) groups is 2. The highest BCUT2D eigenvalue weighted by Crippen LogP contribution is 2.27. The van der Waals surface area contributed by atoms with E-state index in [4.69, 9.17) is 4.55 Å². The van der Waals surface area contributed by atoms with Crippen LogP contribution in [-0.2, 0) is 29.2 Å². The SMILES string of the molecule is C=CC(=O)OC(CC(=O)OCC(F)(F)S(=O)(=O)O)C(F)(F)F. The minimum absolute atomic E-state index is 0.372. The van der Waals surface area contributed by atoms with E-state index in [1.807, 2.05) is 0 Å². The molecule has 0 bridgehead atoms. The van der Waals surface area contributed by atoms with E-state index < -0.39 is 52.6 Å². The Morgan fingerprint density at radius 2 is 1.73 bits per heavy atom. The van der Waals surface area contributed by atoms with Crippen LogP contribution in [0.15, 0.2) is 12.7 Å². The largest absolute Gasteiger partial charge is 0.458 e. The fourth-order valence-corrected chi connectivity index (χ4v) is 1.07. The molecule has 0 radical (unpaired) electrons. The van der Waals surface area contributed by atoms with Crippen LogP contribution in [0.2, 0.25) is 0 Å². The van der Waals surface area contributed by atoms with E-state index >= 15 is 0 Å². The molecule has 0 aliphatic carbocycles. The third-order valence-electron chi connectivity index (χ3n) is 1.92. The van der Waals surface area contributed by atoms with Crippen LogP contribution in [0.4, 0.5) is 22.0 Å². The lowest BCUT2D eigenvalue weighted by atomic mass is 10.2. The molecule has 128 valence electrons. The molecule has 0 aliphatic rings. The number of hydrogen-bond acceptors (Lipinski definition) is 6. The van der Waals surface area contributed by atoms with Gasteiger partial charge in [0.15, 0.2) is 6.61 Å². The first kappa shape index (κ1) is 20.2.